The number of thioether (sulfide) groups is 1. The van der Waals surface area contributed by atoms with Crippen molar-refractivity contribution in [2.75, 3.05) is 18.8 Å². The molecule has 1 aliphatic rings. The molecule has 5 nitrogen and oxygen atoms in total. The second kappa shape index (κ2) is 7.83. The summed E-state index contributed by atoms with van der Waals surface area (Å²) >= 11 is 1.48. The van der Waals surface area contributed by atoms with Gasteiger partial charge in [0.15, 0.2) is 5.16 Å². The maximum atomic E-state index is 12.4. The van der Waals surface area contributed by atoms with Crippen LogP contribution in [0.15, 0.2) is 35.5 Å². The van der Waals surface area contributed by atoms with Gasteiger partial charge in [0.2, 0.25) is 5.91 Å². The van der Waals surface area contributed by atoms with Crippen LogP contribution in [-0.4, -0.2) is 44.4 Å². The molecule has 128 valence electrons. The van der Waals surface area contributed by atoms with Crippen LogP contribution in [0.3, 0.4) is 0 Å². The third-order valence-corrected chi connectivity index (χ3v) is 5.47. The number of hydrogen-bond acceptors (Lipinski definition) is 4. The Bertz CT molecular complexity index is 686. The summed E-state index contributed by atoms with van der Waals surface area (Å²) in [6.45, 7) is 3.99. The minimum atomic E-state index is 0.208. The molecule has 24 heavy (non-hydrogen) atoms. The summed E-state index contributed by atoms with van der Waals surface area (Å²) in [5, 5.41) is 9.33. The van der Waals surface area contributed by atoms with Crippen LogP contribution in [0.4, 0.5) is 0 Å². The van der Waals surface area contributed by atoms with E-state index in [4.69, 9.17) is 0 Å². The van der Waals surface area contributed by atoms with Crippen LogP contribution >= 0.6 is 11.8 Å². The number of hydrogen-bond donors (Lipinski definition) is 0. The molecule has 0 radical (unpaired) electrons. The van der Waals surface area contributed by atoms with Crippen molar-refractivity contribution < 1.29 is 4.79 Å². The fraction of sp³-hybridized carbons (Fsp3) is 0.500. The molecule has 1 amide bonds. The highest BCUT2D eigenvalue weighted by Gasteiger charge is 2.21. The Morgan fingerprint density at radius 2 is 2.08 bits per heavy atom. The van der Waals surface area contributed by atoms with Gasteiger partial charge in [-0.05, 0) is 24.3 Å². The van der Waals surface area contributed by atoms with Gasteiger partial charge in [-0.25, -0.2) is 0 Å². The number of piperidine rings is 1. The SMILES string of the molecule is C[C@@H]1CCCN(C(=O)CSc2nnc(Cc3ccccc3)n2C)C1. The Hall–Kier alpha value is -1.82. The highest BCUT2D eigenvalue weighted by atomic mass is 32.2. The predicted octanol–water partition coefficient (Wildman–Crippen LogP) is 2.76. The molecule has 0 saturated carbocycles. The van der Waals surface area contributed by atoms with E-state index >= 15 is 0 Å². The number of aromatic nitrogens is 3. The highest BCUT2D eigenvalue weighted by molar-refractivity contribution is 7.99. The average Bonchev–Trinajstić information content (AvgIpc) is 2.94. The van der Waals surface area contributed by atoms with Crippen molar-refractivity contribution in [2.24, 2.45) is 13.0 Å². The van der Waals surface area contributed by atoms with Gasteiger partial charge in [-0.2, -0.15) is 0 Å². The van der Waals surface area contributed by atoms with Gasteiger partial charge in [0.05, 0.1) is 5.75 Å². The van der Waals surface area contributed by atoms with Gasteiger partial charge in [0.1, 0.15) is 5.82 Å². The van der Waals surface area contributed by atoms with Crippen LogP contribution in [0.2, 0.25) is 0 Å². The number of nitrogens with zero attached hydrogens (tertiary/aromatic N) is 4. The predicted molar refractivity (Wildman–Crippen MR) is 96.0 cm³/mol. The van der Waals surface area contributed by atoms with E-state index in [0.717, 1.165) is 36.9 Å². The van der Waals surface area contributed by atoms with Crippen LogP contribution in [0.5, 0.6) is 0 Å². The van der Waals surface area contributed by atoms with Crippen molar-refractivity contribution in [2.45, 2.75) is 31.3 Å². The molecule has 1 saturated heterocycles. The summed E-state index contributed by atoms with van der Waals surface area (Å²) in [7, 11) is 1.97. The number of benzene rings is 1. The molecule has 2 aromatic rings. The molecule has 1 aliphatic heterocycles. The van der Waals surface area contributed by atoms with E-state index in [-0.39, 0.29) is 5.91 Å². The molecular weight excluding hydrogens is 320 g/mol. The third kappa shape index (κ3) is 4.17. The summed E-state index contributed by atoms with van der Waals surface area (Å²) in [4.78, 5) is 14.4. The van der Waals surface area contributed by atoms with E-state index in [1.807, 2.05) is 34.7 Å². The number of likely N-dealkylation sites (tertiary alicyclic amines) is 1. The number of amides is 1. The fourth-order valence-electron chi connectivity index (χ4n) is 3.04. The van der Waals surface area contributed by atoms with Crippen LogP contribution in [-0.2, 0) is 18.3 Å². The lowest BCUT2D eigenvalue weighted by molar-refractivity contribution is -0.130. The minimum absolute atomic E-state index is 0.208. The van der Waals surface area contributed by atoms with Crippen molar-refractivity contribution >= 4 is 17.7 Å². The van der Waals surface area contributed by atoms with Crippen LogP contribution < -0.4 is 0 Å². The van der Waals surface area contributed by atoms with Crippen molar-refractivity contribution in [1.29, 1.82) is 0 Å². The first kappa shape index (κ1) is 17.0. The standard InChI is InChI=1S/C18H24N4OS/c1-14-7-6-10-22(12-14)17(23)13-24-18-20-19-16(21(18)2)11-15-8-4-3-5-9-15/h3-5,8-9,14H,6-7,10-13H2,1-2H3/t14-/m1/s1. The molecule has 1 aromatic carbocycles. The molecule has 1 fully saturated rings. The molecule has 0 bridgehead atoms. The molecule has 0 spiro atoms. The van der Waals surface area contributed by atoms with Crippen LogP contribution in [0.25, 0.3) is 0 Å². The maximum Gasteiger partial charge on any atom is 0.233 e. The molecule has 2 heterocycles. The van der Waals surface area contributed by atoms with Gasteiger partial charge in [0.25, 0.3) is 0 Å². The summed E-state index contributed by atoms with van der Waals surface area (Å²) < 4.78 is 1.99. The number of carbonyl (C=O) groups excluding carboxylic acids is 1. The Morgan fingerprint density at radius 3 is 2.83 bits per heavy atom. The molecule has 0 unspecified atom stereocenters. The first-order chi connectivity index (χ1) is 11.6. The normalized spacial score (nSPS) is 17.9. The number of rotatable bonds is 5. The van der Waals surface area contributed by atoms with E-state index in [1.54, 1.807) is 0 Å². The molecular formula is C18H24N4OS. The molecule has 6 heteroatoms. The van der Waals surface area contributed by atoms with Crippen molar-refractivity contribution in [3.8, 4) is 0 Å². The molecule has 0 N–H and O–H groups in total. The zero-order valence-corrected chi connectivity index (χ0v) is 15.1. The Labute approximate surface area is 147 Å². The van der Waals surface area contributed by atoms with Crippen LogP contribution in [0.1, 0.15) is 31.2 Å². The second-order valence-electron chi connectivity index (χ2n) is 6.50. The summed E-state index contributed by atoms with van der Waals surface area (Å²) in [6.07, 6.45) is 3.09. The Kier molecular flexibility index (Phi) is 5.56. The first-order valence-corrected chi connectivity index (χ1v) is 9.45. The lowest BCUT2D eigenvalue weighted by atomic mass is 10.0. The maximum absolute atomic E-state index is 12.4. The van der Waals surface area contributed by atoms with Crippen molar-refractivity contribution in [3.05, 3.63) is 41.7 Å². The van der Waals surface area contributed by atoms with E-state index in [9.17, 15) is 4.79 Å². The quantitative estimate of drug-likeness (QED) is 0.783. The fourth-order valence-corrected chi connectivity index (χ4v) is 3.87. The minimum Gasteiger partial charge on any atom is -0.342 e. The average molecular weight is 344 g/mol. The van der Waals surface area contributed by atoms with Crippen LogP contribution in [0, 0.1) is 5.92 Å². The Morgan fingerprint density at radius 1 is 1.29 bits per heavy atom. The third-order valence-electron chi connectivity index (χ3n) is 4.46. The largest absolute Gasteiger partial charge is 0.342 e. The lowest BCUT2D eigenvalue weighted by Crippen LogP contribution is -2.40. The van der Waals surface area contributed by atoms with Gasteiger partial charge < -0.3 is 9.47 Å². The van der Waals surface area contributed by atoms with Gasteiger partial charge >= 0.3 is 0 Å². The van der Waals surface area contributed by atoms with E-state index in [1.165, 1.54) is 23.7 Å². The Balaban J connectivity index is 1.57. The zero-order valence-electron chi connectivity index (χ0n) is 14.3. The lowest BCUT2D eigenvalue weighted by Gasteiger charge is -2.30. The number of carbonyl (C=O) groups is 1. The molecule has 1 aromatic heterocycles. The zero-order chi connectivity index (χ0) is 16.9. The summed E-state index contributed by atoms with van der Waals surface area (Å²) in [5.74, 6) is 2.17. The highest BCUT2D eigenvalue weighted by Crippen LogP contribution is 2.20. The summed E-state index contributed by atoms with van der Waals surface area (Å²) in [5.41, 5.74) is 1.21. The van der Waals surface area contributed by atoms with Crippen molar-refractivity contribution in [3.63, 3.8) is 0 Å². The van der Waals surface area contributed by atoms with E-state index in [2.05, 4.69) is 29.3 Å². The molecule has 0 aliphatic carbocycles. The monoisotopic (exact) mass is 344 g/mol. The van der Waals surface area contributed by atoms with Crippen molar-refractivity contribution in [1.82, 2.24) is 19.7 Å². The summed E-state index contributed by atoms with van der Waals surface area (Å²) in [6, 6.07) is 10.2. The first-order valence-electron chi connectivity index (χ1n) is 8.46. The van der Waals surface area contributed by atoms with E-state index in [0.29, 0.717) is 11.7 Å². The van der Waals surface area contributed by atoms with Gasteiger partial charge in [-0.15, -0.1) is 10.2 Å². The molecule has 3 rings (SSSR count). The van der Waals surface area contributed by atoms with Gasteiger partial charge in [-0.1, -0.05) is 49.0 Å². The smallest absolute Gasteiger partial charge is 0.233 e. The van der Waals surface area contributed by atoms with Gasteiger partial charge in [-0.3, -0.25) is 4.79 Å². The molecule has 1 atom stereocenters. The van der Waals surface area contributed by atoms with Gasteiger partial charge in [0, 0.05) is 26.6 Å². The topological polar surface area (TPSA) is 51.0 Å². The second-order valence-corrected chi connectivity index (χ2v) is 7.44. The van der Waals surface area contributed by atoms with E-state index < -0.39 is 0 Å².